The Hall–Kier alpha value is -0.590. The molecule has 0 spiro atoms. The van der Waals surface area contributed by atoms with Gasteiger partial charge in [-0.05, 0) is 32.4 Å². The third kappa shape index (κ3) is 2.64. The van der Waals surface area contributed by atoms with Crippen LogP contribution >= 0.6 is 11.8 Å². The summed E-state index contributed by atoms with van der Waals surface area (Å²) in [5.74, 6) is 7.97. The highest BCUT2D eigenvalue weighted by molar-refractivity contribution is 8.00. The summed E-state index contributed by atoms with van der Waals surface area (Å²) in [6.45, 7) is 5.23. The van der Waals surface area contributed by atoms with Gasteiger partial charge in [0.15, 0.2) is 0 Å². The second-order valence-corrected chi connectivity index (χ2v) is 6.31. The SMILES string of the molecule is CCn1ncnc1CC(NN)C1(C)CCCS1. The molecule has 0 bridgehead atoms. The Balaban J connectivity index is 2.09. The van der Waals surface area contributed by atoms with Crippen LogP contribution in [-0.2, 0) is 13.0 Å². The van der Waals surface area contributed by atoms with Gasteiger partial charge in [0.05, 0.1) is 0 Å². The van der Waals surface area contributed by atoms with Crippen LogP contribution in [0, 0.1) is 0 Å². The quantitative estimate of drug-likeness (QED) is 0.606. The molecule has 2 unspecified atom stereocenters. The van der Waals surface area contributed by atoms with Crippen LogP contribution in [0.4, 0.5) is 0 Å². The number of aryl methyl sites for hydroxylation is 1. The van der Waals surface area contributed by atoms with Gasteiger partial charge in [0.25, 0.3) is 0 Å². The van der Waals surface area contributed by atoms with Gasteiger partial charge in [-0.3, -0.25) is 16.0 Å². The summed E-state index contributed by atoms with van der Waals surface area (Å²) in [4.78, 5) is 4.32. The second-order valence-electron chi connectivity index (χ2n) is 4.68. The summed E-state index contributed by atoms with van der Waals surface area (Å²) in [6, 6.07) is 0.254. The van der Waals surface area contributed by atoms with Crippen molar-refractivity contribution in [2.75, 3.05) is 5.75 Å². The molecule has 0 amide bonds. The number of aromatic nitrogens is 3. The van der Waals surface area contributed by atoms with Gasteiger partial charge in [-0.25, -0.2) is 4.98 Å². The molecule has 1 fully saturated rings. The van der Waals surface area contributed by atoms with Crippen molar-refractivity contribution < 1.29 is 0 Å². The van der Waals surface area contributed by atoms with Gasteiger partial charge in [-0.15, -0.1) is 0 Å². The Morgan fingerprint density at radius 1 is 1.71 bits per heavy atom. The number of nitrogens with zero attached hydrogens (tertiary/aromatic N) is 3. The molecule has 0 saturated carbocycles. The van der Waals surface area contributed by atoms with Crippen LogP contribution < -0.4 is 11.3 Å². The van der Waals surface area contributed by atoms with Crippen LogP contribution in [0.2, 0.25) is 0 Å². The first-order valence-corrected chi connectivity index (χ1v) is 7.15. The standard InChI is InChI=1S/C11H21N5S/c1-3-16-10(13-8-14-16)7-9(15-12)11(2)5-4-6-17-11/h8-9,15H,3-7,12H2,1-2H3. The Morgan fingerprint density at radius 3 is 3.12 bits per heavy atom. The van der Waals surface area contributed by atoms with Crippen molar-refractivity contribution in [3.05, 3.63) is 12.2 Å². The molecule has 6 heteroatoms. The fraction of sp³-hybridized carbons (Fsp3) is 0.818. The largest absolute Gasteiger partial charge is 0.271 e. The zero-order valence-corrected chi connectivity index (χ0v) is 11.3. The molecule has 1 saturated heterocycles. The first-order valence-electron chi connectivity index (χ1n) is 6.16. The summed E-state index contributed by atoms with van der Waals surface area (Å²) < 4.78 is 2.16. The third-order valence-corrected chi connectivity index (χ3v) is 5.21. The molecule has 17 heavy (non-hydrogen) atoms. The monoisotopic (exact) mass is 255 g/mol. The van der Waals surface area contributed by atoms with Crippen molar-refractivity contribution >= 4 is 11.8 Å². The molecular weight excluding hydrogens is 234 g/mol. The van der Waals surface area contributed by atoms with E-state index in [4.69, 9.17) is 5.84 Å². The van der Waals surface area contributed by atoms with Crippen LogP contribution in [-0.4, -0.2) is 31.3 Å². The molecule has 0 aromatic carbocycles. The van der Waals surface area contributed by atoms with Gasteiger partial charge in [0, 0.05) is 23.8 Å². The molecule has 2 atom stereocenters. The highest BCUT2D eigenvalue weighted by Gasteiger charge is 2.38. The lowest BCUT2D eigenvalue weighted by Gasteiger charge is -2.32. The predicted molar refractivity (Wildman–Crippen MR) is 70.6 cm³/mol. The summed E-state index contributed by atoms with van der Waals surface area (Å²) >= 11 is 2.01. The molecule has 0 aliphatic carbocycles. The molecule has 1 aliphatic heterocycles. The molecular formula is C11H21N5S. The van der Waals surface area contributed by atoms with E-state index in [1.807, 2.05) is 16.4 Å². The van der Waals surface area contributed by atoms with Crippen LogP contribution in [0.5, 0.6) is 0 Å². The van der Waals surface area contributed by atoms with Crippen molar-refractivity contribution in [2.24, 2.45) is 5.84 Å². The molecule has 1 aromatic heterocycles. The van der Waals surface area contributed by atoms with E-state index in [9.17, 15) is 0 Å². The van der Waals surface area contributed by atoms with Gasteiger partial charge in [-0.1, -0.05) is 0 Å². The Kier molecular flexibility index (Phi) is 4.06. The third-order valence-electron chi connectivity index (χ3n) is 3.57. The lowest BCUT2D eigenvalue weighted by atomic mass is 9.94. The van der Waals surface area contributed by atoms with Crippen LogP contribution in [0.3, 0.4) is 0 Å². The molecule has 5 nitrogen and oxygen atoms in total. The minimum absolute atomic E-state index is 0.221. The van der Waals surface area contributed by atoms with E-state index in [-0.39, 0.29) is 10.8 Å². The highest BCUT2D eigenvalue weighted by atomic mass is 32.2. The van der Waals surface area contributed by atoms with E-state index in [1.54, 1.807) is 6.33 Å². The maximum Gasteiger partial charge on any atom is 0.138 e. The van der Waals surface area contributed by atoms with E-state index in [0.29, 0.717) is 0 Å². The summed E-state index contributed by atoms with van der Waals surface area (Å²) in [6.07, 6.45) is 4.96. The van der Waals surface area contributed by atoms with Crippen LogP contribution in [0.25, 0.3) is 0 Å². The Morgan fingerprint density at radius 2 is 2.53 bits per heavy atom. The number of hydrogen-bond acceptors (Lipinski definition) is 5. The smallest absolute Gasteiger partial charge is 0.138 e. The van der Waals surface area contributed by atoms with Crippen molar-refractivity contribution in [2.45, 2.75) is 50.4 Å². The van der Waals surface area contributed by atoms with Crippen molar-refractivity contribution in [1.29, 1.82) is 0 Å². The zero-order chi connectivity index (χ0) is 12.3. The summed E-state index contributed by atoms with van der Waals surface area (Å²) in [7, 11) is 0. The fourth-order valence-corrected chi connectivity index (χ4v) is 3.82. The van der Waals surface area contributed by atoms with Gasteiger partial charge < -0.3 is 0 Å². The fourth-order valence-electron chi connectivity index (χ4n) is 2.42. The number of rotatable bonds is 5. The molecule has 1 aromatic rings. The Bertz CT molecular complexity index is 358. The lowest BCUT2D eigenvalue weighted by Crippen LogP contribution is -2.50. The topological polar surface area (TPSA) is 68.8 Å². The number of thioether (sulfide) groups is 1. The maximum atomic E-state index is 5.73. The summed E-state index contributed by atoms with van der Waals surface area (Å²) in [5.41, 5.74) is 2.97. The summed E-state index contributed by atoms with van der Waals surface area (Å²) in [5, 5.41) is 4.20. The maximum absolute atomic E-state index is 5.73. The van der Waals surface area contributed by atoms with Crippen molar-refractivity contribution in [3.8, 4) is 0 Å². The van der Waals surface area contributed by atoms with Crippen LogP contribution in [0.15, 0.2) is 6.33 Å². The average Bonchev–Trinajstić information content (AvgIpc) is 2.95. The van der Waals surface area contributed by atoms with Crippen LogP contribution in [0.1, 0.15) is 32.5 Å². The predicted octanol–water partition coefficient (Wildman–Crippen LogP) is 0.958. The van der Waals surface area contributed by atoms with Gasteiger partial charge in [0.1, 0.15) is 12.2 Å². The molecule has 2 heterocycles. The number of hydrazine groups is 1. The minimum Gasteiger partial charge on any atom is -0.271 e. The van der Waals surface area contributed by atoms with Crippen molar-refractivity contribution in [1.82, 2.24) is 20.2 Å². The minimum atomic E-state index is 0.221. The van der Waals surface area contributed by atoms with Gasteiger partial charge >= 0.3 is 0 Å². The highest BCUT2D eigenvalue weighted by Crippen LogP contribution is 2.41. The van der Waals surface area contributed by atoms with Gasteiger partial charge in [-0.2, -0.15) is 16.9 Å². The normalized spacial score (nSPS) is 26.3. The van der Waals surface area contributed by atoms with E-state index < -0.39 is 0 Å². The number of nitrogens with two attached hydrogens (primary N) is 1. The number of nitrogens with one attached hydrogen (secondary N) is 1. The number of hydrogen-bond donors (Lipinski definition) is 2. The van der Waals surface area contributed by atoms with Crippen molar-refractivity contribution in [3.63, 3.8) is 0 Å². The molecule has 1 aliphatic rings. The van der Waals surface area contributed by atoms with Gasteiger partial charge in [0.2, 0.25) is 0 Å². The zero-order valence-electron chi connectivity index (χ0n) is 10.5. The first kappa shape index (κ1) is 12.9. The van der Waals surface area contributed by atoms with E-state index in [1.165, 1.54) is 18.6 Å². The van der Waals surface area contributed by atoms with E-state index in [0.717, 1.165) is 18.8 Å². The van der Waals surface area contributed by atoms with E-state index >= 15 is 0 Å². The average molecular weight is 255 g/mol. The van der Waals surface area contributed by atoms with E-state index in [2.05, 4.69) is 29.4 Å². The lowest BCUT2D eigenvalue weighted by molar-refractivity contribution is 0.392. The molecule has 2 rings (SSSR count). The second kappa shape index (κ2) is 5.37. The molecule has 96 valence electrons. The first-order chi connectivity index (χ1) is 8.19. The molecule has 0 radical (unpaired) electrons. The molecule has 3 N–H and O–H groups in total. The Labute approximate surface area is 107 Å².